The minimum Gasteiger partial charge on any atom is -0.445 e. The van der Waals surface area contributed by atoms with Crippen LogP contribution in [0.15, 0.2) is 167 Å². The van der Waals surface area contributed by atoms with E-state index in [-0.39, 0.29) is 52.4 Å². The molecule has 0 spiro atoms. The van der Waals surface area contributed by atoms with Crippen LogP contribution in [0.2, 0.25) is 0 Å². The van der Waals surface area contributed by atoms with Crippen LogP contribution >= 0.6 is 0 Å². The number of ether oxygens (including phenoxy) is 7. The number of aliphatic hydroxyl groups is 4. The number of amides is 5. The second kappa shape index (κ2) is 33.7. The maximum absolute atomic E-state index is 13.5. The van der Waals surface area contributed by atoms with Gasteiger partial charge in [0.15, 0.2) is 12.6 Å². The molecule has 5 fully saturated rings. The maximum atomic E-state index is 13.5. The Morgan fingerprint density at radius 1 is 0.500 bits per heavy atom. The van der Waals surface area contributed by atoms with Crippen LogP contribution in [0.5, 0.6) is 0 Å². The van der Waals surface area contributed by atoms with E-state index in [1.54, 1.807) is 4.90 Å². The van der Waals surface area contributed by atoms with E-state index >= 15 is 0 Å². The number of fused-ring (bicyclic) bond motifs is 2. The van der Waals surface area contributed by atoms with E-state index in [9.17, 15) is 39.6 Å². The zero-order chi connectivity index (χ0) is 64.8. The molecule has 29 nitrogen and oxygen atoms in total. The summed E-state index contributed by atoms with van der Waals surface area (Å²) in [5, 5.41) is 62.3. The van der Waals surface area contributed by atoms with Crippen molar-refractivity contribution in [2.24, 2.45) is 15.3 Å². The highest BCUT2D eigenvalue weighted by Gasteiger charge is 2.51. The third-order valence-electron chi connectivity index (χ3n) is 16.4. The summed E-state index contributed by atoms with van der Waals surface area (Å²) in [5.41, 5.74) is 31.3. The normalized spacial score (nSPS) is 27.9. The van der Waals surface area contributed by atoms with Gasteiger partial charge < -0.3 is 79.3 Å². The number of azide groups is 3. The first-order valence-corrected chi connectivity index (χ1v) is 30.3. The lowest BCUT2D eigenvalue weighted by Gasteiger charge is -2.48. The number of nitrogens with one attached hydrogen (secondary N) is 3. The molecule has 486 valence electrons. The fraction of sp³-hybridized carbons (Fsp3) is 0.460. The van der Waals surface area contributed by atoms with Gasteiger partial charge in [-0.2, -0.15) is 0 Å². The highest BCUT2D eigenvalue weighted by Crippen LogP contribution is 2.34. The number of nitrogens with zero attached hydrogens (tertiary/aromatic N) is 11. The molecule has 16 atom stereocenters. The van der Waals surface area contributed by atoms with Crippen molar-refractivity contribution in [3.63, 3.8) is 0 Å². The summed E-state index contributed by atoms with van der Waals surface area (Å²) in [5.74, 6) is 0. The highest BCUT2D eigenvalue weighted by molar-refractivity contribution is 5.76. The molecular weight excluding hydrogens is 1190 g/mol. The molecule has 3 saturated heterocycles. The monoisotopic (exact) mass is 1270 g/mol. The molecule has 2 aliphatic carbocycles. The van der Waals surface area contributed by atoms with Crippen LogP contribution in [0.4, 0.5) is 19.2 Å². The van der Waals surface area contributed by atoms with Crippen molar-refractivity contribution in [2.45, 2.75) is 169 Å². The van der Waals surface area contributed by atoms with Crippen molar-refractivity contribution < 1.29 is 72.8 Å². The summed E-state index contributed by atoms with van der Waals surface area (Å²) in [4.78, 5) is 63.4. The van der Waals surface area contributed by atoms with E-state index in [0.717, 1.165) is 27.8 Å². The average Bonchev–Trinajstić information content (AvgIpc) is 0.967. The molecule has 7 N–H and O–H groups in total. The smallest absolute Gasteiger partial charge is 0.410 e. The van der Waals surface area contributed by atoms with Crippen LogP contribution < -0.4 is 16.0 Å². The van der Waals surface area contributed by atoms with Crippen molar-refractivity contribution in [1.82, 2.24) is 25.8 Å². The van der Waals surface area contributed by atoms with Crippen LogP contribution in [0.25, 0.3) is 31.3 Å². The summed E-state index contributed by atoms with van der Waals surface area (Å²) in [6.45, 7) is 1.01. The summed E-state index contributed by atoms with van der Waals surface area (Å²) in [6, 6.07) is 41.5. The van der Waals surface area contributed by atoms with Gasteiger partial charge >= 0.3 is 24.3 Å². The van der Waals surface area contributed by atoms with Gasteiger partial charge in [0.1, 0.15) is 44.2 Å². The van der Waals surface area contributed by atoms with E-state index in [1.165, 1.54) is 4.90 Å². The SMILES string of the molecule is O=C1N[C@H]2C[C@@H](N1)[C@H](O)[C@@H](O)[C@@H]2O[C@H]1O[C@H](CN(Cc2ccccc2)C(=O)OCc2ccccc2)CC[C@H]1NC(=O)OCc1ccccc1.[N-]=[N+]=N[C@H]1C[C@@H](N=[N+]=[N-])[C@H](O)[C@@H](O)[C@@H]1O[C@H]1O[C@H](CN(Cc2ccccc2)C(=O)OCc2ccccc2)CC[C@H]1N=[N+]=[N-]. The van der Waals surface area contributed by atoms with Gasteiger partial charge in [0.25, 0.3) is 0 Å². The molecule has 2 bridgehead atoms. The fourth-order valence-electron chi connectivity index (χ4n) is 11.6. The van der Waals surface area contributed by atoms with Crippen molar-refractivity contribution >= 4 is 24.3 Å². The molecule has 0 aromatic heterocycles. The average molecular weight is 1270 g/mol. The Hall–Kier alpha value is -9.21. The summed E-state index contributed by atoms with van der Waals surface area (Å²) in [7, 11) is 0. The van der Waals surface area contributed by atoms with E-state index in [2.05, 4.69) is 46.0 Å². The summed E-state index contributed by atoms with van der Waals surface area (Å²) >= 11 is 0. The second-order valence-electron chi connectivity index (χ2n) is 22.8. The molecule has 10 rings (SSSR count). The van der Waals surface area contributed by atoms with Crippen molar-refractivity contribution in [1.29, 1.82) is 0 Å². The minimum absolute atomic E-state index is 0.0595. The molecule has 92 heavy (non-hydrogen) atoms. The molecule has 2 saturated carbocycles. The van der Waals surface area contributed by atoms with Crippen LogP contribution in [0.1, 0.15) is 66.3 Å². The van der Waals surface area contributed by atoms with E-state index in [0.29, 0.717) is 32.1 Å². The Morgan fingerprint density at radius 3 is 1.43 bits per heavy atom. The number of aliphatic hydroxyl groups excluding tert-OH is 4. The number of carbonyl (C=O) groups is 4. The lowest BCUT2D eigenvalue weighted by molar-refractivity contribution is -0.260. The third-order valence-corrected chi connectivity index (χ3v) is 16.4. The molecular formula is C63H74N14O15. The topological polar surface area (TPSA) is 403 Å². The fourth-order valence-corrected chi connectivity index (χ4v) is 11.6. The van der Waals surface area contributed by atoms with E-state index in [4.69, 9.17) is 49.8 Å². The van der Waals surface area contributed by atoms with Crippen molar-refractivity contribution in [2.75, 3.05) is 13.1 Å². The third kappa shape index (κ3) is 18.9. The van der Waals surface area contributed by atoms with Crippen LogP contribution in [0.3, 0.4) is 0 Å². The quantitative estimate of drug-likeness (QED) is 0.0149. The standard InChI is InChI=1S/C36H42N4O9.C27H32N10O6/c41-30-28-18-29(38-34(43)37-28)32(31(30)42)49-33-27(39-35(44)46-21-24-12-6-2-7-13-24)17-16-26(48-33)20-40(19-23-10-4-1-5-11-23)36(45)47-22-25-14-8-3-9-15-25;28-34-31-20-12-11-19(42-26(20)43-25-22(33-36-30)13-21(32-35-29)23(38)24(25)39)15-37(14-17-7-3-1-4-8-17)27(40)41-16-18-9-5-2-6-10-18/h1-15,26-33,41-42H,16-22H2,(H,39,44)(H2,37,38,43);1-10,19-26,38-39H,11-16H2/t26-,27+,28+,29-,30-,31+,32+,33+;19-,20+,21+,22-,23-,24+,25+,26+/m00/s1. The predicted octanol–water partition coefficient (Wildman–Crippen LogP) is 8.06. The predicted molar refractivity (Wildman–Crippen MR) is 327 cm³/mol. The maximum Gasteiger partial charge on any atom is 0.410 e. The number of hydrogen-bond donors (Lipinski definition) is 7. The number of hydrogen-bond acceptors (Lipinski definition) is 18. The second-order valence-corrected chi connectivity index (χ2v) is 22.8. The molecule has 5 aromatic carbocycles. The lowest BCUT2D eigenvalue weighted by Crippen LogP contribution is -2.71. The van der Waals surface area contributed by atoms with E-state index in [1.807, 2.05) is 152 Å². The Kier molecular flexibility index (Phi) is 24.6. The molecule has 5 aliphatic rings. The highest BCUT2D eigenvalue weighted by atomic mass is 16.7. The van der Waals surface area contributed by atoms with Gasteiger partial charge in [-0.1, -0.05) is 167 Å². The molecule has 0 radical (unpaired) electrons. The van der Waals surface area contributed by atoms with Crippen LogP contribution in [-0.4, -0.2) is 165 Å². The Morgan fingerprint density at radius 2 is 0.924 bits per heavy atom. The number of benzene rings is 5. The van der Waals surface area contributed by atoms with Crippen molar-refractivity contribution in [3.8, 4) is 0 Å². The van der Waals surface area contributed by atoms with Gasteiger partial charge in [-0.15, -0.1) is 0 Å². The Labute approximate surface area is 529 Å². The zero-order valence-electron chi connectivity index (χ0n) is 50.1. The molecule has 3 aliphatic heterocycles. The molecule has 0 unspecified atom stereocenters. The van der Waals surface area contributed by atoms with Crippen molar-refractivity contribution in [3.05, 3.63) is 211 Å². The number of rotatable bonds is 22. The first-order valence-electron chi connectivity index (χ1n) is 30.3. The Balaban J connectivity index is 0.000000219. The van der Waals surface area contributed by atoms with Gasteiger partial charge in [0, 0.05) is 27.8 Å². The molecule has 5 amide bonds. The molecule has 3 heterocycles. The van der Waals surface area contributed by atoms with Gasteiger partial charge in [0.05, 0.1) is 73.8 Å². The van der Waals surface area contributed by atoms with Gasteiger partial charge in [-0.25, -0.2) is 19.2 Å². The molecule has 29 heteroatoms. The first kappa shape index (κ1) is 67.2. The zero-order valence-corrected chi connectivity index (χ0v) is 50.1. The van der Waals surface area contributed by atoms with Gasteiger partial charge in [-0.05, 0) is 82.9 Å². The number of urea groups is 1. The summed E-state index contributed by atoms with van der Waals surface area (Å²) in [6.07, 6.45) is -11.4. The Bertz CT molecular complexity index is 3320. The largest absolute Gasteiger partial charge is 0.445 e. The van der Waals surface area contributed by atoms with E-state index < -0.39 is 122 Å². The van der Waals surface area contributed by atoms with Gasteiger partial charge in [-0.3, -0.25) is 0 Å². The number of alkyl carbamates (subject to hydrolysis) is 1. The lowest BCUT2D eigenvalue weighted by atomic mass is 9.82. The molecule has 5 aromatic rings. The first-order chi connectivity index (χ1) is 44.7. The number of carbonyl (C=O) groups excluding carboxylic acids is 4. The van der Waals surface area contributed by atoms with Crippen LogP contribution in [-0.2, 0) is 66.1 Å². The van der Waals surface area contributed by atoms with Crippen LogP contribution in [0, 0.1) is 0 Å². The summed E-state index contributed by atoms with van der Waals surface area (Å²) < 4.78 is 41.7. The minimum atomic E-state index is -1.60. The van der Waals surface area contributed by atoms with Gasteiger partial charge in [0.2, 0.25) is 0 Å².